The van der Waals surface area contributed by atoms with Gasteiger partial charge < -0.3 is 15.0 Å². The van der Waals surface area contributed by atoms with Gasteiger partial charge in [-0.3, -0.25) is 4.79 Å². The molecule has 0 radical (unpaired) electrons. The van der Waals surface area contributed by atoms with Gasteiger partial charge in [0.25, 0.3) is 0 Å². The Labute approximate surface area is 144 Å². The van der Waals surface area contributed by atoms with Gasteiger partial charge in [-0.25, -0.2) is 4.68 Å². The number of halogens is 3. The highest BCUT2D eigenvalue weighted by atomic mass is 19.4. The minimum absolute atomic E-state index is 0.0334. The van der Waals surface area contributed by atoms with E-state index in [0.717, 1.165) is 4.68 Å². The Bertz CT molecular complexity index is 623. The summed E-state index contributed by atoms with van der Waals surface area (Å²) in [7, 11) is 1.47. The number of aryl methyl sites for hydroxylation is 1. The number of aromatic nitrogens is 2. The zero-order valence-electron chi connectivity index (χ0n) is 14.3. The molecule has 3 rings (SSSR count). The van der Waals surface area contributed by atoms with E-state index in [2.05, 4.69) is 10.4 Å². The number of hydrogen-bond acceptors (Lipinski definition) is 4. The molecule has 1 aromatic heterocycles. The van der Waals surface area contributed by atoms with Crippen LogP contribution in [0, 0.1) is 12.8 Å². The van der Waals surface area contributed by atoms with Crippen molar-refractivity contribution >= 4 is 11.7 Å². The number of carbonyl (C=O) groups excluding carboxylic acids is 1. The maximum absolute atomic E-state index is 13.5. The summed E-state index contributed by atoms with van der Waals surface area (Å²) < 4.78 is 46.3. The summed E-state index contributed by atoms with van der Waals surface area (Å²) in [6.07, 6.45) is -2.99. The highest BCUT2D eigenvalue weighted by molar-refractivity contribution is 5.77. The maximum Gasteiger partial charge on any atom is 0.410 e. The van der Waals surface area contributed by atoms with Crippen molar-refractivity contribution in [3.05, 3.63) is 11.8 Å². The molecule has 9 heteroatoms. The Hall–Kier alpha value is -1.77. The predicted octanol–water partition coefficient (Wildman–Crippen LogP) is 2.36. The molecule has 1 aromatic rings. The van der Waals surface area contributed by atoms with Crippen molar-refractivity contribution in [1.29, 1.82) is 0 Å². The van der Waals surface area contributed by atoms with Crippen LogP contribution in [0.2, 0.25) is 0 Å². The summed E-state index contributed by atoms with van der Waals surface area (Å²) >= 11 is 0. The smallest absolute Gasteiger partial charge is 0.375 e. The molecule has 0 spiro atoms. The molecule has 2 atom stereocenters. The highest BCUT2D eigenvalue weighted by Gasteiger charge is 2.47. The number of hydrogen-bond donors (Lipinski definition) is 1. The normalized spacial score (nSPS) is 24.8. The summed E-state index contributed by atoms with van der Waals surface area (Å²) in [6, 6.07) is -0.215. The molecule has 3 heterocycles. The fourth-order valence-electron chi connectivity index (χ4n) is 3.80. The van der Waals surface area contributed by atoms with Crippen LogP contribution in [-0.2, 0) is 9.53 Å². The first-order valence-corrected chi connectivity index (χ1v) is 8.45. The SMILES string of the molecule is COCC(=O)N1CCC([C@@H]2C[C@H](C(F)(F)F)n3nc(C)cc3N2)CC1. The maximum atomic E-state index is 13.5. The van der Waals surface area contributed by atoms with Crippen LogP contribution in [0.4, 0.5) is 19.0 Å². The number of ether oxygens (including phenoxy) is 1. The Morgan fingerprint density at radius 2 is 2.08 bits per heavy atom. The second-order valence-electron chi connectivity index (χ2n) is 6.81. The third-order valence-electron chi connectivity index (χ3n) is 5.07. The second-order valence-corrected chi connectivity index (χ2v) is 6.81. The second kappa shape index (κ2) is 6.86. The monoisotopic (exact) mass is 360 g/mol. The quantitative estimate of drug-likeness (QED) is 0.899. The zero-order chi connectivity index (χ0) is 18.2. The molecule has 1 saturated heterocycles. The van der Waals surface area contributed by atoms with Crippen molar-refractivity contribution < 1.29 is 22.7 Å². The van der Waals surface area contributed by atoms with Crippen LogP contribution in [0.3, 0.4) is 0 Å². The molecule has 2 aliphatic heterocycles. The van der Waals surface area contributed by atoms with Gasteiger partial charge in [-0.1, -0.05) is 0 Å². The number of amides is 1. The number of anilines is 1. The van der Waals surface area contributed by atoms with Gasteiger partial charge in [0, 0.05) is 32.3 Å². The molecule has 6 nitrogen and oxygen atoms in total. The summed E-state index contributed by atoms with van der Waals surface area (Å²) in [4.78, 5) is 13.6. The molecule has 0 aromatic carbocycles. The van der Waals surface area contributed by atoms with Gasteiger partial charge in [-0.15, -0.1) is 0 Å². The van der Waals surface area contributed by atoms with Crippen LogP contribution >= 0.6 is 0 Å². The third-order valence-corrected chi connectivity index (χ3v) is 5.07. The van der Waals surface area contributed by atoms with E-state index in [-0.39, 0.29) is 30.9 Å². The molecule has 0 unspecified atom stereocenters. The van der Waals surface area contributed by atoms with Crippen LogP contribution in [0.15, 0.2) is 6.07 Å². The number of methoxy groups -OCH3 is 1. The van der Waals surface area contributed by atoms with E-state index in [1.54, 1.807) is 17.9 Å². The molecule has 1 N–H and O–H groups in total. The number of nitrogens with zero attached hydrogens (tertiary/aromatic N) is 3. The summed E-state index contributed by atoms with van der Waals surface area (Å²) in [5.74, 6) is 0.453. The lowest BCUT2D eigenvalue weighted by molar-refractivity contribution is -0.174. The molecule has 0 aliphatic carbocycles. The van der Waals surface area contributed by atoms with Crippen LogP contribution in [0.25, 0.3) is 0 Å². The standard InChI is InChI=1S/C16H23F3N4O2/c1-10-7-14-20-12(8-13(16(17,18)19)23(14)21-10)11-3-5-22(6-4-11)15(24)9-25-2/h7,11-13,20H,3-6,8-9H2,1-2H3/t12-,13+/m0/s1. The van der Waals surface area contributed by atoms with Crippen LogP contribution in [-0.4, -0.2) is 59.6 Å². The lowest BCUT2D eigenvalue weighted by Gasteiger charge is -2.41. The van der Waals surface area contributed by atoms with Crippen molar-refractivity contribution in [1.82, 2.24) is 14.7 Å². The van der Waals surface area contributed by atoms with Gasteiger partial charge >= 0.3 is 6.18 Å². The topological polar surface area (TPSA) is 59.4 Å². The Kier molecular flexibility index (Phi) is 4.95. The molecule has 140 valence electrons. The predicted molar refractivity (Wildman–Crippen MR) is 85.3 cm³/mol. The number of rotatable bonds is 3. The van der Waals surface area contributed by atoms with Crippen molar-refractivity contribution in [2.75, 3.05) is 32.1 Å². The van der Waals surface area contributed by atoms with Crippen molar-refractivity contribution in [3.63, 3.8) is 0 Å². The number of fused-ring (bicyclic) bond motifs is 1. The molecule has 0 bridgehead atoms. The van der Waals surface area contributed by atoms with E-state index in [1.807, 2.05) is 0 Å². The van der Waals surface area contributed by atoms with E-state index in [1.165, 1.54) is 7.11 Å². The van der Waals surface area contributed by atoms with Crippen molar-refractivity contribution in [3.8, 4) is 0 Å². The number of carbonyl (C=O) groups is 1. The lowest BCUT2D eigenvalue weighted by Crippen LogP contribution is -2.47. The zero-order valence-corrected chi connectivity index (χ0v) is 14.3. The first kappa shape index (κ1) is 18.0. The fourth-order valence-corrected chi connectivity index (χ4v) is 3.80. The average Bonchev–Trinajstić information content (AvgIpc) is 2.93. The van der Waals surface area contributed by atoms with Gasteiger partial charge in [-0.2, -0.15) is 18.3 Å². The average molecular weight is 360 g/mol. The Morgan fingerprint density at radius 3 is 2.68 bits per heavy atom. The van der Waals surface area contributed by atoms with E-state index < -0.39 is 12.2 Å². The van der Waals surface area contributed by atoms with Gasteiger partial charge in [-0.05, 0) is 32.1 Å². The minimum Gasteiger partial charge on any atom is -0.375 e. The number of piperidine rings is 1. The number of alkyl halides is 3. The molecule has 25 heavy (non-hydrogen) atoms. The first-order valence-electron chi connectivity index (χ1n) is 8.45. The summed E-state index contributed by atoms with van der Waals surface area (Å²) in [5.41, 5.74) is 0.567. The van der Waals surface area contributed by atoms with Crippen LogP contribution in [0.5, 0.6) is 0 Å². The van der Waals surface area contributed by atoms with Gasteiger partial charge in [0.1, 0.15) is 12.4 Å². The number of nitrogens with one attached hydrogen (secondary N) is 1. The summed E-state index contributed by atoms with van der Waals surface area (Å²) in [5, 5.41) is 7.23. The van der Waals surface area contributed by atoms with Crippen molar-refractivity contribution in [2.45, 2.75) is 44.4 Å². The Morgan fingerprint density at radius 1 is 1.40 bits per heavy atom. The largest absolute Gasteiger partial charge is 0.410 e. The molecule has 1 amide bonds. The third kappa shape index (κ3) is 3.75. The van der Waals surface area contributed by atoms with E-state index in [0.29, 0.717) is 37.4 Å². The molecule has 0 saturated carbocycles. The summed E-state index contributed by atoms with van der Waals surface area (Å²) in [6.45, 7) is 2.84. The highest BCUT2D eigenvalue weighted by Crippen LogP contribution is 2.42. The molecule has 1 fully saturated rings. The first-order chi connectivity index (χ1) is 11.8. The van der Waals surface area contributed by atoms with Crippen molar-refractivity contribution in [2.24, 2.45) is 5.92 Å². The number of likely N-dealkylation sites (tertiary alicyclic amines) is 1. The van der Waals surface area contributed by atoms with Gasteiger partial charge in [0.2, 0.25) is 5.91 Å². The minimum atomic E-state index is -4.33. The fraction of sp³-hybridized carbons (Fsp3) is 0.750. The van der Waals surface area contributed by atoms with Crippen LogP contribution in [0.1, 0.15) is 31.0 Å². The van der Waals surface area contributed by atoms with E-state index in [9.17, 15) is 18.0 Å². The van der Waals surface area contributed by atoms with Gasteiger partial charge in [0.15, 0.2) is 6.04 Å². The molecule has 2 aliphatic rings. The van der Waals surface area contributed by atoms with Gasteiger partial charge in [0.05, 0.1) is 5.69 Å². The lowest BCUT2D eigenvalue weighted by atomic mass is 9.84. The Balaban J connectivity index is 1.69. The van der Waals surface area contributed by atoms with Crippen LogP contribution < -0.4 is 5.32 Å². The van der Waals surface area contributed by atoms with E-state index in [4.69, 9.17) is 4.74 Å². The molecular formula is C16H23F3N4O2. The molecular weight excluding hydrogens is 337 g/mol. The van der Waals surface area contributed by atoms with E-state index >= 15 is 0 Å².